The lowest BCUT2D eigenvalue weighted by Gasteiger charge is -2.10. The van der Waals surface area contributed by atoms with E-state index in [1.807, 2.05) is 36.4 Å². The number of fused-ring (bicyclic) bond motifs is 1. The van der Waals surface area contributed by atoms with Crippen molar-refractivity contribution in [1.29, 1.82) is 0 Å². The maximum atomic E-state index is 10.9. The Morgan fingerprint density at radius 2 is 1.81 bits per heavy atom. The van der Waals surface area contributed by atoms with E-state index < -0.39 is 11.9 Å². The normalized spacial score (nSPS) is 12.6. The molecule has 0 saturated carbocycles. The molecule has 2 aromatic carbocycles. The van der Waals surface area contributed by atoms with E-state index in [1.165, 1.54) is 0 Å². The van der Waals surface area contributed by atoms with Gasteiger partial charge in [0, 0.05) is 0 Å². The van der Waals surface area contributed by atoms with Crippen molar-refractivity contribution in [3.05, 3.63) is 48.0 Å². The molecule has 0 spiro atoms. The standard InChI is InChI=1S/C13H12O3/c14-8-12(13(15)16)11-6-5-9-3-1-2-4-10(9)7-11/h1-7,12,14H,8H2,(H,15,16)/t12-/m0/s1. The average molecular weight is 216 g/mol. The number of aliphatic hydroxyl groups is 1. The van der Waals surface area contributed by atoms with Gasteiger partial charge < -0.3 is 10.2 Å². The molecule has 3 heteroatoms. The molecule has 2 rings (SSSR count). The second-order valence-corrected chi connectivity index (χ2v) is 3.68. The van der Waals surface area contributed by atoms with Gasteiger partial charge in [0.1, 0.15) is 5.92 Å². The smallest absolute Gasteiger partial charge is 0.313 e. The number of hydrogen-bond acceptors (Lipinski definition) is 2. The molecule has 2 aromatic rings. The highest BCUT2D eigenvalue weighted by molar-refractivity contribution is 5.85. The zero-order valence-corrected chi connectivity index (χ0v) is 8.63. The number of carboxylic acids is 1. The zero-order chi connectivity index (χ0) is 11.5. The molecule has 16 heavy (non-hydrogen) atoms. The van der Waals surface area contributed by atoms with Gasteiger partial charge in [-0.2, -0.15) is 0 Å². The lowest BCUT2D eigenvalue weighted by molar-refractivity contribution is -0.139. The molecule has 0 saturated heterocycles. The average Bonchev–Trinajstić information content (AvgIpc) is 2.29. The zero-order valence-electron chi connectivity index (χ0n) is 8.63. The highest BCUT2D eigenvalue weighted by atomic mass is 16.4. The summed E-state index contributed by atoms with van der Waals surface area (Å²) in [7, 11) is 0. The van der Waals surface area contributed by atoms with Crippen molar-refractivity contribution < 1.29 is 15.0 Å². The van der Waals surface area contributed by atoms with E-state index in [9.17, 15) is 4.79 Å². The van der Waals surface area contributed by atoms with Crippen molar-refractivity contribution in [3.63, 3.8) is 0 Å². The minimum absolute atomic E-state index is 0.381. The van der Waals surface area contributed by atoms with Crippen LogP contribution in [0.15, 0.2) is 42.5 Å². The summed E-state index contributed by atoms with van der Waals surface area (Å²) in [5.41, 5.74) is 0.633. The van der Waals surface area contributed by atoms with Gasteiger partial charge >= 0.3 is 5.97 Å². The maximum Gasteiger partial charge on any atom is 0.313 e. The Morgan fingerprint density at radius 3 is 2.44 bits per heavy atom. The van der Waals surface area contributed by atoms with Crippen LogP contribution in [0, 0.1) is 0 Å². The van der Waals surface area contributed by atoms with Crippen molar-refractivity contribution >= 4 is 16.7 Å². The Bertz CT molecular complexity index is 519. The fourth-order valence-corrected chi connectivity index (χ4v) is 1.75. The maximum absolute atomic E-state index is 10.9. The Labute approximate surface area is 93.0 Å². The third-order valence-electron chi connectivity index (χ3n) is 2.66. The van der Waals surface area contributed by atoms with Crippen molar-refractivity contribution in [2.45, 2.75) is 5.92 Å². The van der Waals surface area contributed by atoms with Gasteiger partial charge in [-0.1, -0.05) is 42.5 Å². The molecule has 0 aliphatic carbocycles. The van der Waals surface area contributed by atoms with Gasteiger partial charge in [0.2, 0.25) is 0 Å². The van der Waals surface area contributed by atoms with Crippen LogP contribution >= 0.6 is 0 Å². The minimum Gasteiger partial charge on any atom is -0.481 e. The highest BCUT2D eigenvalue weighted by Gasteiger charge is 2.18. The van der Waals surface area contributed by atoms with E-state index in [-0.39, 0.29) is 6.61 Å². The van der Waals surface area contributed by atoms with E-state index in [2.05, 4.69) is 0 Å². The van der Waals surface area contributed by atoms with Crippen LogP contribution in [0.5, 0.6) is 0 Å². The van der Waals surface area contributed by atoms with E-state index in [4.69, 9.17) is 10.2 Å². The van der Waals surface area contributed by atoms with Crippen LogP contribution in [0.4, 0.5) is 0 Å². The van der Waals surface area contributed by atoms with Crippen LogP contribution < -0.4 is 0 Å². The van der Waals surface area contributed by atoms with Crippen molar-refractivity contribution in [1.82, 2.24) is 0 Å². The lowest BCUT2D eigenvalue weighted by atomic mass is 9.97. The molecule has 0 aliphatic rings. The van der Waals surface area contributed by atoms with Gasteiger partial charge in [-0.05, 0) is 16.3 Å². The number of benzene rings is 2. The number of aliphatic hydroxyl groups excluding tert-OH is 1. The van der Waals surface area contributed by atoms with Gasteiger partial charge in [0.25, 0.3) is 0 Å². The predicted octanol–water partition coefficient (Wildman–Crippen LogP) is 2.00. The Kier molecular flexibility index (Phi) is 2.88. The number of hydrogen-bond donors (Lipinski definition) is 2. The van der Waals surface area contributed by atoms with E-state index in [1.54, 1.807) is 6.07 Å². The largest absolute Gasteiger partial charge is 0.481 e. The summed E-state index contributed by atoms with van der Waals surface area (Å²) < 4.78 is 0. The first-order chi connectivity index (χ1) is 7.72. The Morgan fingerprint density at radius 1 is 1.12 bits per heavy atom. The molecule has 0 aromatic heterocycles. The molecular formula is C13H12O3. The first kappa shape index (κ1) is 10.6. The molecule has 0 radical (unpaired) electrons. The van der Waals surface area contributed by atoms with E-state index in [0.29, 0.717) is 5.56 Å². The van der Waals surface area contributed by atoms with E-state index >= 15 is 0 Å². The molecule has 3 nitrogen and oxygen atoms in total. The molecule has 0 aliphatic heterocycles. The molecule has 0 heterocycles. The van der Waals surface area contributed by atoms with Gasteiger partial charge in [0.15, 0.2) is 0 Å². The monoisotopic (exact) mass is 216 g/mol. The van der Waals surface area contributed by atoms with Crippen molar-refractivity contribution in [2.24, 2.45) is 0 Å². The molecule has 1 atom stereocenters. The highest BCUT2D eigenvalue weighted by Crippen LogP contribution is 2.21. The summed E-state index contributed by atoms with van der Waals surface area (Å²) >= 11 is 0. The minimum atomic E-state index is -1.00. The number of carboxylic acid groups (broad SMARTS) is 1. The third kappa shape index (κ3) is 1.90. The van der Waals surface area contributed by atoms with E-state index in [0.717, 1.165) is 10.8 Å². The number of aliphatic carboxylic acids is 1. The second kappa shape index (κ2) is 4.33. The molecular weight excluding hydrogens is 204 g/mol. The molecule has 0 fully saturated rings. The van der Waals surface area contributed by atoms with Gasteiger partial charge in [0.05, 0.1) is 6.61 Å². The van der Waals surface area contributed by atoms with Crippen molar-refractivity contribution in [2.75, 3.05) is 6.61 Å². The fourth-order valence-electron chi connectivity index (χ4n) is 1.75. The van der Waals surface area contributed by atoms with Gasteiger partial charge in [-0.3, -0.25) is 4.79 Å². The first-order valence-corrected chi connectivity index (χ1v) is 5.04. The molecule has 82 valence electrons. The second-order valence-electron chi connectivity index (χ2n) is 3.68. The molecule has 2 N–H and O–H groups in total. The topological polar surface area (TPSA) is 57.5 Å². The fraction of sp³-hybridized carbons (Fsp3) is 0.154. The number of rotatable bonds is 3. The van der Waals surface area contributed by atoms with Gasteiger partial charge in [-0.15, -0.1) is 0 Å². The van der Waals surface area contributed by atoms with Gasteiger partial charge in [-0.25, -0.2) is 0 Å². The quantitative estimate of drug-likeness (QED) is 0.825. The summed E-state index contributed by atoms with van der Waals surface area (Å²) in [6, 6.07) is 13.2. The summed E-state index contributed by atoms with van der Waals surface area (Å²) in [6.45, 7) is -0.381. The van der Waals surface area contributed by atoms with Crippen LogP contribution in [-0.4, -0.2) is 22.8 Å². The Balaban J connectivity index is 2.49. The predicted molar refractivity (Wildman–Crippen MR) is 61.4 cm³/mol. The summed E-state index contributed by atoms with van der Waals surface area (Å²) in [6.07, 6.45) is 0. The molecule has 0 unspecified atom stereocenters. The summed E-state index contributed by atoms with van der Waals surface area (Å²) in [4.78, 5) is 10.9. The Hall–Kier alpha value is -1.87. The van der Waals surface area contributed by atoms with Crippen LogP contribution in [-0.2, 0) is 4.79 Å². The third-order valence-corrected chi connectivity index (χ3v) is 2.66. The lowest BCUT2D eigenvalue weighted by Crippen LogP contribution is -2.15. The van der Waals surface area contributed by atoms with Crippen LogP contribution in [0.3, 0.4) is 0 Å². The SMILES string of the molecule is O=C(O)[C@@H](CO)c1ccc2ccccc2c1. The molecule has 0 bridgehead atoms. The summed E-state index contributed by atoms with van der Waals surface area (Å²) in [5.74, 6) is -1.85. The van der Waals surface area contributed by atoms with Crippen LogP contribution in [0.1, 0.15) is 11.5 Å². The van der Waals surface area contributed by atoms with Crippen LogP contribution in [0.2, 0.25) is 0 Å². The summed E-state index contributed by atoms with van der Waals surface area (Å²) in [5, 5.41) is 20.0. The number of carbonyl (C=O) groups is 1. The van der Waals surface area contributed by atoms with Crippen molar-refractivity contribution in [3.8, 4) is 0 Å². The van der Waals surface area contributed by atoms with Crippen LogP contribution in [0.25, 0.3) is 10.8 Å². The molecule has 0 amide bonds. The first-order valence-electron chi connectivity index (χ1n) is 5.04.